The van der Waals surface area contributed by atoms with E-state index in [1.54, 1.807) is 18.5 Å². The summed E-state index contributed by atoms with van der Waals surface area (Å²) >= 11 is 6.27. The molecule has 3 rings (SSSR count). The van der Waals surface area contributed by atoms with E-state index < -0.39 is 0 Å². The quantitative estimate of drug-likeness (QED) is 0.462. The van der Waals surface area contributed by atoms with Gasteiger partial charge < -0.3 is 20.9 Å². The van der Waals surface area contributed by atoms with E-state index in [0.29, 0.717) is 23.3 Å². The minimum absolute atomic E-state index is 0.109. The molecule has 160 valence electrons. The number of halogens is 1. The predicted octanol–water partition coefficient (Wildman–Crippen LogP) is 2.60. The molecule has 1 fully saturated rings. The van der Waals surface area contributed by atoms with Crippen molar-refractivity contribution in [2.45, 2.75) is 32.7 Å². The molecule has 0 spiro atoms. The highest BCUT2D eigenvalue weighted by atomic mass is 35.5. The molecule has 1 aliphatic heterocycles. The molecule has 9 heteroatoms. The van der Waals surface area contributed by atoms with Crippen LogP contribution in [0.2, 0.25) is 5.02 Å². The highest BCUT2D eigenvalue weighted by Crippen LogP contribution is 2.25. The number of anilines is 2. The maximum Gasteiger partial charge on any atom is 0.227 e. The molecule has 0 bridgehead atoms. The van der Waals surface area contributed by atoms with E-state index >= 15 is 0 Å². The molecular weight excluding hydrogens is 402 g/mol. The summed E-state index contributed by atoms with van der Waals surface area (Å²) in [5, 5.41) is 10.1. The first-order valence-electron chi connectivity index (χ1n) is 10.2. The zero-order valence-electron chi connectivity index (χ0n) is 17.4. The summed E-state index contributed by atoms with van der Waals surface area (Å²) in [6, 6.07) is 7.62. The zero-order valence-corrected chi connectivity index (χ0v) is 18.1. The normalized spacial score (nSPS) is 16.4. The summed E-state index contributed by atoms with van der Waals surface area (Å²) in [5.74, 6) is 1.96. The first-order chi connectivity index (χ1) is 14.5. The molecule has 0 saturated carbocycles. The van der Waals surface area contributed by atoms with Gasteiger partial charge in [-0.15, -0.1) is 0 Å². The fourth-order valence-electron chi connectivity index (χ4n) is 3.21. The molecule has 2 aromatic heterocycles. The Bertz CT molecular complexity index is 872. The van der Waals surface area contributed by atoms with Crippen LogP contribution < -0.4 is 20.9 Å². The van der Waals surface area contributed by atoms with Crippen molar-refractivity contribution in [2.75, 3.05) is 36.4 Å². The fourth-order valence-corrected chi connectivity index (χ4v) is 3.45. The number of aromatic nitrogens is 2. The Labute approximate surface area is 182 Å². The van der Waals surface area contributed by atoms with Gasteiger partial charge in [0.25, 0.3) is 0 Å². The number of pyridine rings is 2. The first-order valence-corrected chi connectivity index (χ1v) is 10.6. The van der Waals surface area contributed by atoms with Crippen LogP contribution >= 0.6 is 11.6 Å². The van der Waals surface area contributed by atoms with Gasteiger partial charge in [0.05, 0.1) is 11.6 Å². The number of nitrogens with zero attached hydrogens (tertiary/aromatic N) is 4. The molecule has 3 heterocycles. The second-order valence-corrected chi connectivity index (χ2v) is 7.57. The Morgan fingerprint density at radius 2 is 2.20 bits per heavy atom. The molecule has 30 heavy (non-hydrogen) atoms. The second kappa shape index (κ2) is 10.8. The summed E-state index contributed by atoms with van der Waals surface area (Å²) < 4.78 is 0. The Morgan fingerprint density at radius 1 is 1.33 bits per heavy atom. The topological polar surface area (TPSA) is 94.5 Å². The van der Waals surface area contributed by atoms with Crippen molar-refractivity contribution < 1.29 is 4.79 Å². The molecule has 8 nitrogen and oxygen atoms in total. The molecule has 3 N–H and O–H groups in total. The van der Waals surface area contributed by atoms with Gasteiger partial charge in [-0.1, -0.05) is 17.7 Å². The third-order valence-electron chi connectivity index (χ3n) is 4.70. The average molecular weight is 430 g/mol. The molecule has 1 saturated heterocycles. The van der Waals surface area contributed by atoms with Gasteiger partial charge in [0.2, 0.25) is 5.91 Å². The SMILES string of the molecule is CCNC(=NCCC(=O)Nc1ccc(C)cn1)NC1CCN(c2ncccc2Cl)C1. The summed E-state index contributed by atoms with van der Waals surface area (Å²) in [7, 11) is 0. The molecule has 1 aliphatic rings. The maximum absolute atomic E-state index is 12.1. The van der Waals surface area contributed by atoms with Gasteiger partial charge >= 0.3 is 0 Å². The smallest absolute Gasteiger partial charge is 0.227 e. The minimum atomic E-state index is -0.109. The number of carbonyl (C=O) groups is 1. The predicted molar refractivity (Wildman–Crippen MR) is 121 cm³/mol. The monoisotopic (exact) mass is 429 g/mol. The van der Waals surface area contributed by atoms with E-state index in [1.807, 2.05) is 32.0 Å². The highest BCUT2D eigenvalue weighted by Gasteiger charge is 2.25. The molecule has 0 aliphatic carbocycles. The molecule has 1 amide bonds. The number of aliphatic imine (C=N–C) groups is 1. The van der Waals surface area contributed by atoms with Crippen molar-refractivity contribution in [1.29, 1.82) is 0 Å². The van der Waals surface area contributed by atoms with E-state index in [9.17, 15) is 4.79 Å². The van der Waals surface area contributed by atoms with E-state index in [1.165, 1.54) is 0 Å². The lowest BCUT2D eigenvalue weighted by molar-refractivity contribution is -0.116. The number of guanidine groups is 1. The Morgan fingerprint density at radius 3 is 2.93 bits per heavy atom. The van der Waals surface area contributed by atoms with Crippen molar-refractivity contribution in [3.8, 4) is 0 Å². The minimum Gasteiger partial charge on any atom is -0.357 e. The van der Waals surface area contributed by atoms with Crippen LogP contribution in [0.25, 0.3) is 0 Å². The van der Waals surface area contributed by atoms with Gasteiger partial charge in [-0.25, -0.2) is 9.97 Å². The zero-order chi connectivity index (χ0) is 21.3. The van der Waals surface area contributed by atoms with E-state index in [4.69, 9.17) is 11.6 Å². The van der Waals surface area contributed by atoms with Crippen molar-refractivity contribution in [3.05, 3.63) is 47.2 Å². The lowest BCUT2D eigenvalue weighted by Gasteiger charge is -2.20. The summed E-state index contributed by atoms with van der Waals surface area (Å²) in [4.78, 5) is 27.4. The summed E-state index contributed by atoms with van der Waals surface area (Å²) in [6.07, 6.45) is 4.72. The number of amides is 1. The molecule has 1 atom stereocenters. The van der Waals surface area contributed by atoms with Crippen molar-refractivity contribution in [3.63, 3.8) is 0 Å². The number of nitrogens with one attached hydrogen (secondary N) is 3. The summed E-state index contributed by atoms with van der Waals surface area (Å²) in [6.45, 7) is 6.77. The van der Waals surface area contributed by atoms with Gasteiger partial charge in [0.1, 0.15) is 11.6 Å². The number of carbonyl (C=O) groups excluding carboxylic acids is 1. The third kappa shape index (κ3) is 6.32. The van der Waals surface area contributed by atoms with E-state index in [-0.39, 0.29) is 18.4 Å². The van der Waals surface area contributed by atoms with Crippen LogP contribution in [0.3, 0.4) is 0 Å². The Hall–Kier alpha value is -2.87. The van der Waals surface area contributed by atoms with Gasteiger partial charge in [-0.05, 0) is 44.0 Å². The van der Waals surface area contributed by atoms with Crippen LogP contribution in [0, 0.1) is 6.92 Å². The highest BCUT2D eigenvalue weighted by molar-refractivity contribution is 6.32. The number of hydrogen-bond acceptors (Lipinski definition) is 5. The van der Waals surface area contributed by atoms with Gasteiger partial charge in [0, 0.05) is 44.5 Å². The number of aryl methyl sites for hydroxylation is 1. The lowest BCUT2D eigenvalue weighted by Crippen LogP contribution is -2.44. The van der Waals surface area contributed by atoms with Crippen molar-refractivity contribution >= 4 is 35.1 Å². The van der Waals surface area contributed by atoms with Crippen molar-refractivity contribution in [1.82, 2.24) is 20.6 Å². The number of rotatable bonds is 7. The van der Waals surface area contributed by atoms with Gasteiger partial charge in [0.15, 0.2) is 5.96 Å². The largest absolute Gasteiger partial charge is 0.357 e. The van der Waals surface area contributed by atoms with Crippen LogP contribution in [-0.4, -0.2) is 54.1 Å². The summed E-state index contributed by atoms with van der Waals surface area (Å²) in [5.41, 5.74) is 1.05. The van der Waals surface area contributed by atoms with Gasteiger partial charge in [-0.2, -0.15) is 0 Å². The second-order valence-electron chi connectivity index (χ2n) is 7.16. The standard InChI is InChI=1S/C21H28ClN7O/c1-3-23-21(25-11-8-19(30)28-18-7-6-15(2)13-26-18)27-16-9-12-29(14-16)20-17(22)5-4-10-24-20/h4-7,10,13,16H,3,8-9,11-12,14H2,1-2H3,(H2,23,25,27)(H,26,28,30). The van der Waals surface area contributed by atoms with Crippen LogP contribution in [-0.2, 0) is 4.79 Å². The lowest BCUT2D eigenvalue weighted by atomic mass is 10.3. The van der Waals surface area contributed by atoms with Gasteiger partial charge in [-0.3, -0.25) is 9.79 Å². The Balaban J connectivity index is 1.49. The Kier molecular flexibility index (Phi) is 7.84. The maximum atomic E-state index is 12.1. The third-order valence-corrected chi connectivity index (χ3v) is 4.99. The van der Waals surface area contributed by atoms with E-state index in [0.717, 1.165) is 37.4 Å². The molecule has 2 aromatic rings. The van der Waals surface area contributed by atoms with Crippen molar-refractivity contribution in [2.24, 2.45) is 4.99 Å². The molecule has 1 unspecified atom stereocenters. The van der Waals surface area contributed by atoms with Crippen LogP contribution in [0.5, 0.6) is 0 Å². The number of hydrogen-bond donors (Lipinski definition) is 3. The van der Waals surface area contributed by atoms with Crippen LogP contribution in [0.4, 0.5) is 11.6 Å². The molecule has 0 aromatic carbocycles. The molecule has 0 radical (unpaired) electrons. The average Bonchev–Trinajstić information content (AvgIpc) is 3.18. The van der Waals surface area contributed by atoms with Crippen LogP contribution in [0.15, 0.2) is 41.7 Å². The van der Waals surface area contributed by atoms with E-state index in [2.05, 4.69) is 35.8 Å². The first kappa shape index (κ1) is 21.8. The van der Waals surface area contributed by atoms with Crippen LogP contribution in [0.1, 0.15) is 25.3 Å². The molecular formula is C21H28ClN7O. The fraction of sp³-hybridized carbons (Fsp3) is 0.429.